The summed E-state index contributed by atoms with van der Waals surface area (Å²) in [4.78, 5) is 25.5. The van der Waals surface area contributed by atoms with Gasteiger partial charge in [-0.15, -0.1) is 0 Å². The molecule has 0 radical (unpaired) electrons. The Morgan fingerprint density at radius 1 is 1.21 bits per heavy atom. The highest BCUT2D eigenvalue weighted by molar-refractivity contribution is 9.10. The second-order valence-corrected chi connectivity index (χ2v) is 6.54. The Morgan fingerprint density at radius 2 is 1.92 bits per heavy atom. The van der Waals surface area contributed by atoms with Crippen molar-refractivity contribution in [3.8, 4) is 0 Å². The van der Waals surface area contributed by atoms with Crippen molar-refractivity contribution >= 4 is 27.7 Å². The van der Waals surface area contributed by atoms with Crippen molar-refractivity contribution in [2.24, 2.45) is 0 Å². The molecule has 1 N–H and O–H groups in total. The molecule has 5 nitrogen and oxygen atoms in total. The lowest BCUT2D eigenvalue weighted by atomic mass is 10.1. The number of likely N-dealkylation sites (N-methyl/N-ethyl adjacent to an activating group) is 1. The molecule has 24 heavy (non-hydrogen) atoms. The normalized spacial score (nSPS) is 11.8. The predicted molar refractivity (Wildman–Crippen MR) is 95.7 cm³/mol. The Bertz CT molecular complexity index is 685. The summed E-state index contributed by atoms with van der Waals surface area (Å²) in [6.45, 7) is 1.96. The smallest absolute Gasteiger partial charge is 0.289 e. The highest BCUT2D eigenvalue weighted by Gasteiger charge is 2.18. The summed E-state index contributed by atoms with van der Waals surface area (Å²) in [6.07, 6.45) is 1.75. The van der Waals surface area contributed by atoms with E-state index in [-0.39, 0.29) is 30.2 Å². The van der Waals surface area contributed by atoms with Gasteiger partial charge in [-0.2, -0.15) is 0 Å². The molecule has 1 aromatic carbocycles. The van der Waals surface area contributed by atoms with E-state index in [1.807, 2.05) is 25.1 Å². The SMILES string of the molecule is CC(CCc1ccccc1)NC(=O)CN(C)C(=O)c1ccc(Br)o1. The molecule has 2 rings (SSSR count). The fraction of sp³-hybridized carbons (Fsp3) is 0.333. The monoisotopic (exact) mass is 392 g/mol. The highest BCUT2D eigenvalue weighted by Crippen LogP contribution is 2.15. The fourth-order valence-electron chi connectivity index (χ4n) is 2.33. The van der Waals surface area contributed by atoms with Gasteiger partial charge in [0.25, 0.3) is 5.91 Å². The van der Waals surface area contributed by atoms with Crippen LogP contribution in [0, 0.1) is 0 Å². The van der Waals surface area contributed by atoms with Crippen LogP contribution in [0.1, 0.15) is 29.5 Å². The van der Waals surface area contributed by atoms with E-state index in [2.05, 4.69) is 33.4 Å². The molecule has 1 unspecified atom stereocenters. The summed E-state index contributed by atoms with van der Waals surface area (Å²) >= 11 is 3.15. The first kappa shape index (κ1) is 18.3. The first-order valence-electron chi connectivity index (χ1n) is 7.80. The number of aryl methyl sites for hydroxylation is 1. The molecule has 0 spiro atoms. The molecule has 2 aromatic rings. The Labute approximate surface area is 150 Å². The van der Waals surface area contributed by atoms with Gasteiger partial charge in [-0.05, 0) is 53.4 Å². The largest absolute Gasteiger partial charge is 0.444 e. The Balaban J connectivity index is 1.76. The Kier molecular flexibility index (Phi) is 6.61. The lowest BCUT2D eigenvalue weighted by molar-refractivity contribution is -0.122. The van der Waals surface area contributed by atoms with Gasteiger partial charge in [-0.3, -0.25) is 9.59 Å². The molecule has 0 saturated carbocycles. The average molecular weight is 393 g/mol. The topological polar surface area (TPSA) is 62.6 Å². The summed E-state index contributed by atoms with van der Waals surface area (Å²) in [6, 6.07) is 13.4. The minimum atomic E-state index is -0.326. The van der Waals surface area contributed by atoms with Crippen molar-refractivity contribution in [1.29, 1.82) is 0 Å². The van der Waals surface area contributed by atoms with E-state index in [0.717, 1.165) is 12.8 Å². The van der Waals surface area contributed by atoms with Gasteiger partial charge in [0.1, 0.15) is 0 Å². The molecule has 0 fully saturated rings. The average Bonchev–Trinajstić information content (AvgIpc) is 2.99. The zero-order valence-corrected chi connectivity index (χ0v) is 15.4. The van der Waals surface area contributed by atoms with Crippen LogP contribution in [0.2, 0.25) is 0 Å². The minimum absolute atomic E-state index is 0.00711. The van der Waals surface area contributed by atoms with Crippen LogP contribution in [-0.2, 0) is 11.2 Å². The third-order valence-electron chi connectivity index (χ3n) is 3.63. The maximum absolute atomic E-state index is 12.1. The molecule has 128 valence electrons. The van der Waals surface area contributed by atoms with E-state index < -0.39 is 0 Å². The number of carbonyl (C=O) groups is 2. The molecular weight excluding hydrogens is 372 g/mol. The first-order valence-corrected chi connectivity index (χ1v) is 8.59. The number of nitrogens with one attached hydrogen (secondary N) is 1. The molecule has 0 aliphatic carbocycles. The van der Waals surface area contributed by atoms with E-state index in [0.29, 0.717) is 4.67 Å². The summed E-state index contributed by atoms with van der Waals surface area (Å²) in [5.41, 5.74) is 1.24. The third-order valence-corrected chi connectivity index (χ3v) is 4.05. The Morgan fingerprint density at radius 3 is 2.54 bits per heavy atom. The summed E-state index contributed by atoms with van der Waals surface area (Å²) in [5, 5.41) is 2.92. The van der Waals surface area contributed by atoms with Gasteiger partial charge in [-0.25, -0.2) is 0 Å². The molecule has 1 atom stereocenters. The van der Waals surface area contributed by atoms with E-state index in [4.69, 9.17) is 4.42 Å². The minimum Gasteiger partial charge on any atom is -0.444 e. The molecule has 0 bridgehead atoms. The van der Waals surface area contributed by atoms with Gasteiger partial charge in [0, 0.05) is 13.1 Å². The zero-order chi connectivity index (χ0) is 17.5. The number of hydrogen-bond donors (Lipinski definition) is 1. The van der Waals surface area contributed by atoms with Crippen LogP contribution in [0.3, 0.4) is 0 Å². The quantitative estimate of drug-likeness (QED) is 0.786. The first-order chi connectivity index (χ1) is 11.5. The van der Waals surface area contributed by atoms with Crippen LogP contribution in [0.5, 0.6) is 0 Å². The van der Waals surface area contributed by atoms with Crippen molar-refractivity contribution in [3.05, 3.63) is 58.5 Å². The lowest BCUT2D eigenvalue weighted by Gasteiger charge is -2.18. The van der Waals surface area contributed by atoms with Crippen LogP contribution in [0.15, 0.2) is 51.6 Å². The van der Waals surface area contributed by atoms with E-state index in [1.54, 1.807) is 19.2 Å². The van der Waals surface area contributed by atoms with E-state index in [1.165, 1.54) is 10.5 Å². The van der Waals surface area contributed by atoms with E-state index in [9.17, 15) is 9.59 Å². The predicted octanol–water partition coefficient (Wildman–Crippen LogP) is 3.25. The number of carbonyl (C=O) groups excluding carboxylic acids is 2. The van der Waals surface area contributed by atoms with Gasteiger partial charge in [0.15, 0.2) is 10.4 Å². The zero-order valence-electron chi connectivity index (χ0n) is 13.8. The number of amides is 2. The van der Waals surface area contributed by atoms with Gasteiger partial charge in [0.05, 0.1) is 6.54 Å². The molecule has 2 amide bonds. The number of hydrogen-bond acceptors (Lipinski definition) is 3. The molecule has 0 aliphatic heterocycles. The molecule has 0 aliphatic rings. The molecule has 6 heteroatoms. The van der Waals surface area contributed by atoms with Crippen LogP contribution in [0.25, 0.3) is 0 Å². The van der Waals surface area contributed by atoms with Crippen molar-refractivity contribution in [2.45, 2.75) is 25.8 Å². The Hall–Kier alpha value is -2.08. The van der Waals surface area contributed by atoms with Crippen molar-refractivity contribution in [3.63, 3.8) is 0 Å². The summed E-state index contributed by atoms with van der Waals surface area (Å²) in [7, 11) is 1.58. The van der Waals surface area contributed by atoms with Crippen LogP contribution in [0.4, 0.5) is 0 Å². The maximum atomic E-state index is 12.1. The lowest BCUT2D eigenvalue weighted by Crippen LogP contribution is -2.41. The third kappa shape index (κ3) is 5.53. The fourth-order valence-corrected chi connectivity index (χ4v) is 2.63. The molecule has 1 aromatic heterocycles. The van der Waals surface area contributed by atoms with Gasteiger partial charge >= 0.3 is 0 Å². The van der Waals surface area contributed by atoms with Crippen LogP contribution in [-0.4, -0.2) is 36.3 Å². The number of halogens is 1. The summed E-state index contributed by atoms with van der Waals surface area (Å²) < 4.78 is 5.69. The second kappa shape index (κ2) is 8.68. The summed E-state index contributed by atoms with van der Waals surface area (Å²) in [5.74, 6) is -0.306. The molecule has 0 saturated heterocycles. The van der Waals surface area contributed by atoms with E-state index >= 15 is 0 Å². The number of benzene rings is 1. The number of nitrogens with zero attached hydrogens (tertiary/aromatic N) is 1. The van der Waals surface area contributed by atoms with Crippen molar-refractivity contribution in [1.82, 2.24) is 10.2 Å². The van der Waals surface area contributed by atoms with Gasteiger partial charge in [-0.1, -0.05) is 30.3 Å². The van der Waals surface area contributed by atoms with Crippen LogP contribution >= 0.6 is 15.9 Å². The van der Waals surface area contributed by atoms with Crippen molar-refractivity contribution < 1.29 is 14.0 Å². The number of rotatable bonds is 7. The van der Waals surface area contributed by atoms with Gasteiger partial charge < -0.3 is 14.6 Å². The second-order valence-electron chi connectivity index (χ2n) is 5.76. The molecule has 1 heterocycles. The molecular formula is C18H21BrN2O3. The van der Waals surface area contributed by atoms with Crippen molar-refractivity contribution in [2.75, 3.05) is 13.6 Å². The maximum Gasteiger partial charge on any atom is 0.289 e. The number of furan rings is 1. The van der Waals surface area contributed by atoms with Crippen LogP contribution < -0.4 is 5.32 Å². The van der Waals surface area contributed by atoms with Gasteiger partial charge in [0.2, 0.25) is 5.91 Å². The standard InChI is InChI=1S/C18H21BrN2O3/c1-13(8-9-14-6-4-3-5-7-14)20-17(22)12-21(2)18(23)15-10-11-16(19)24-15/h3-7,10-11,13H,8-9,12H2,1-2H3,(H,20,22). The highest BCUT2D eigenvalue weighted by atomic mass is 79.9.